The number of para-hydroxylation sites is 1. The summed E-state index contributed by atoms with van der Waals surface area (Å²) in [6, 6.07) is 12.7. The number of carbonyl (C=O) groups is 1. The summed E-state index contributed by atoms with van der Waals surface area (Å²) in [7, 11) is 0. The van der Waals surface area contributed by atoms with Crippen molar-refractivity contribution in [3.05, 3.63) is 76.3 Å². The van der Waals surface area contributed by atoms with Gasteiger partial charge in [0.15, 0.2) is 0 Å². The van der Waals surface area contributed by atoms with Crippen molar-refractivity contribution in [3.8, 4) is 0 Å². The molecule has 3 aromatic rings. The summed E-state index contributed by atoms with van der Waals surface area (Å²) in [5.41, 5.74) is 0.793. The van der Waals surface area contributed by atoms with Crippen molar-refractivity contribution >= 4 is 22.5 Å². The monoisotopic (exact) mass is 310 g/mol. The van der Waals surface area contributed by atoms with Crippen molar-refractivity contribution in [2.75, 3.05) is 5.32 Å². The summed E-state index contributed by atoms with van der Waals surface area (Å²) in [6.45, 7) is 2.56. The Kier molecular flexibility index (Phi) is 3.93. The first-order chi connectivity index (χ1) is 11.1. The van der Waals surface area contributed by atoms with E-state index in [9.17, 15) is 14.0 Å². The van der Waals surface area contributed by atoms with Crippen LogP contribution in [-0.2, 0) is 6.54 Å². The van der Waals surface area contributed by atoms with E-state index in [1.807, 2.05) is 23.6 Å². The van der Waals surface area contributed by atoms with Gasteiger partial charge in [0.1, 0.15) is 11.4 Å². The summed E-state index contributed by atoms with van der Waals surface area (Å²) in [6.07, 6.45) is 1.54. The molecule has 0 atom stereocenters. The molecule has 0 radical (unpaired) electrons. The van der Waals surface area contributed by atoms with Gasteiger partial charge in [-0.25, -0.2) is 4.39 Å². The number of aromatic nitrogens is 1. The van der Waals surface area contributed by atoms with E-state index in [1.165, 1.54) is 18.2 Å². The van der Waals surface area contributed by atoms with Gasteiger partial charge in [0, 0.05) is 23.8 Å². The fourth-order valence-corrected chi connectivity index (χ4v) is 2.53. The zero-order chi connectivity index (χ0) is 16.4. The first-order valence-electron chi connectivity index (χ1n) is 7.29. The number of fused-ring (bicyclic) bond motifs is 1. The zero-order valence-electron chi connectivity index (χ0n) is 12.5. The van der Waals surface area contributed by atoms with Crippen molar-refractivity contribution < 1.29 is 9.18 Å². The molecule has 0 bridgehead atoms. The molecule has 116 valence electrons. The molecule has 1 heterocycles. The van der Waals surface area contributed by atoms with E-state index in [2.05, 4.69) is 5.32 Å². The lowest BCUT2D eigenvalue weighted by Gasteiger charge is -2.11. The highest BCUT2D eigenvalue weighted by Gasteiger charge is 2.15. The van der Waals surface area contributed by atoms with Crippen LogP contribution in [0.4, 0.5) is 10.1 Å². The largest absolute Gasteiger partial charge is 0.347 e. The fraction of sp³-hybridized carbons (Fsp3) is 0.111. The van der Waals surface area contributed by atoms with E-state index in [4.69, 9.17) is 0 Å². The maximum atomic E-state index is 13.2. The minimum atomic E-state index is -0.548. The Morgan fingerprint density at radius 2 is 1.96 bits per heavy atom. The van der Waals surface area contributed by atoms with Crippen LogP contribution in [0.3, 0.4) is 0 Å². The molecular weight excluding hydrogens is 295 g/mol. The minimum Gasteiger partial charge on any atom is -0.347 e. The number of anilines is 1. The van der Waals surface area contributed by atoms with E-state index in [1.54, 1.807) is 24.4 Å². The normalized spacial score (nSPS) is 10.7. The lowest BCUT2D eigenvalue weighted by atomic mass is 10.1. The van der Waals surface area contributed by atoms with E-state index < -0.39 is 11.7 Å². The van der Waals surface area contributed by atoms with Crippen molar-refractivity contribution in [2.45, 2.75) is 13.5 Å². The van der Waals surface area contributed by atoms with Crippen molar-refractivity contribution in [1.29, 1.82) is 0 Å². The third kappa shape index (κ3) is 2.85. The van der Waals surface area contributed by atoms with Crippen molar-refractivity contribution in [1.82, 2.24) is 4.57 Å². The molecule has 0 unspecified atom stereocenters. The molecule has 0 saturated heterocycles. The SMILES string of the molecule is CCn1cc(C(=O)Nc2cccc(F)c2)c(=O)c2ccccc21. The van der Waals surface area contributed by atoms with Gasteiger partial charge in [-0.1, -0.05) is 18.2 Å². The number of amides is 1. The van der Waals surface area contributed by atoms with E-state index in [-0.39, 0.29) is 11.0 Å². The number of benzene rings is 2. The van der Waals surface area contributed by atoms with Crippen LogP contribution in [0.1, 0.15) is 17.3 Å². The van der Waals surface area contributed by atoms with Crippen LogP contribution in [0, 0.1) is 5.82 Å². The number of carbonyl (C=O) groups excluding carboxylic acids is 1. The maximum absolute atomic E-state index is 13.2. The Bertz CT molecular complexity index is 947. The molecule has 2 aromatic carbocycles. The highest BCUT2D eigenvalue weighted by Crippen LogP contribution is 2.14. The summed E-state index contributed by atoms with van der Waals surface area (Å²) in [5, 5.41) is 3.05. The summed E-state index contributed by atoms with van der Waals surface area (Å²) >= 11 is 0. The van der Waals surface area contributed by atoms with Crippen LogP contribution in [0.15, 0.2) is 59.5 Å². The predicted octanol–water partition coefficient (Wildman–Crippen LogP) is 3.41. The van der Waals surface area contributed by atoms with Crippen LogP contribution >= 0.6 is 0 Å². The number of aryl methyl sites for hydroxylation is 1. The smallest absolute Gasteiger partial charge is 0.261 e. The topological polar surface area (TPSA) is 51.1 Å². The molecule has 4 nitrogen and oxygen atoms in total. The molecule has 5 heteroatoms. The Balaban J connectivity index is 2.07. The molecule has 0 aliphatic rings. The van der Waals surface area contributed by atoms with Crippen LogP contribution in [0.25, 0.3) is 10.9 Å². The van der Waals surface area contributed by atoms with Gasteiger partial charge < -0.3 is 9.88 Å². The third-order valence-corrected chi connectivity index (χ3v) is 3.66. The number of hydrogen-bond acceptors (Lipinski definition) is 2. The number of rotatable bonds is 3. The second kappa shape index (κ2) is 6.04. The molecule has 0 aliphatic carbocycles. The van der Waals surface area contributed by atoms with E-state index >= 15 is 0 Å². The number of nitrogens with one attached hydrogen (secondary N) is 1. The van der Waals surface area contributed by atoms with Crippen LogP contribution in [0.2, 0.25) is 0 Å². The minimum absolute atomic E-state index is 0.0369. The second-order valence-electron chi connectivity index (χ2n) is 5.14. The average molecular weight is 310 g/mol. The summed E-state index contributed by atoms with van der Waals surface area (Å²) in [4.78, 5) is 25.0. The molecule has 3 rings (SSSR count). The van der Waals surface area contributed by atoms with Gasteiger partial charge >= 0.3 is 0 Å². The standard InChI is InChI=1S/C18H15FN2O2/c1-2-21-11-15(17(22)14-8-3-4-9-16(14)21)18(23)20-13-7-5-6-12(19)10-13/h3-11H,2H2,1H3,(H,20,23). The first-order valence-corrected chi connectivity index (χ1v) is 7.29. The molecular formula is C18H15FN2O2. The van der Waals surface area contributed by atoms with E-state index in [0.29, 0.717) is 17.6 Å². The fourth-order valence-electron chi connectivity index (χ4n) is 2.53. The summed E-state index contributed by atoms with van der Waals surface area (Å²) in [5.74, 6) is -0.999. The highest BCUT2D eigenvalue weighted by molar-refractivity contribution is 6.05. The molecule has 1 amide bonds. The molecule has 0 aliphatic heterocycles. The lowest BCUT2D eigenvalue weighted by Crippen LogP contribution is -2.23. The Morgan fingerprint density at radius 3 is 2.70 bits per heavy atom. The van der Waals surface area contributed by atoms with Gasteiger partial charge in [-0.05, 0) is 37.3 Å². The zero-order valence-corrected chi connectivity index (χ0v) is 12.5. The Morgan fingerprint density at radius 1 is 1.17 bits per heavy atom. The number of pyridine rings is 1. The quantitative estimate of drug-likeness (QED) is 0.806. The van der Waals surface area contributed by atoms with Crippen LogP contribution in [0.5, 0.6) is 0 Å². The predicted molar refractivity (Wildman–Crippen MR) is 88.2 cm³/mol. The number of hydrogen-bond donors (Lipinski definition) is 1. The highest BCUT2D eigenvalue weighted by atomic mass is 19.1. The average Bonchev–Trinajstić information content (AvgIpc) is 2.55. The Labute approximate surface area is 132 Å². The first kappa shape index (κ1) is 15.0. The maximum Gasteiger partial charge on any atom is 0.261 e. The molecule has 1 N–H and O–H groups in total. The van der Waals surface area contributed by atoms with Gasteiger partial charge in [-0.2, -0.15) is 0 Å². The number of halogens is 1. The third-order valence-electron chi connectivity index (χ3n) is 3.66. The van der Waals surface area contributed by atoms with Gasteiger partial charge in [0.25, 0.3) is 5.91 Å². The van der Waals surface area contributed by atoms with Gasteiger partial charge in [0.2, 0.25) is 5.43 Å². The van der Waals surface area contributed by atoms with Crippen LogP contribution in [-0.4, -0.2) is 10.5 Å². The summed E-state index contributed by atoms with van der Waals surface area (Å²) < 4.78 is 15.1. The molecule has 1 aromatic heterocycles. The Hall–Kier alpha value is -2.95. The molecule has 23 heavy (non-hydrogen) atoms. The lowest BCUT2D eigenvalue weighted by molar-refractivity contribution is 0.102. The van der Waals surface area contributed by atoms with Gasteiger partial charge in [0.05, 0.1) is 5.52 Å². The van der Waals surface area contributed by atoms with Crippen LogP contribution < -0.4 is 10.7 Å². The molecule has 0 spiro atoms. The van der Waals surface area contributed by atoms with E-state index in [0.717, 1.165) is 5.52 Å². The van der Waals surface area contributed by atoms with Gasteiger partial charge in [-0.15, -0.1) is 0 Å². The molecule has 0 saturated carbocycles. The van der Waals surface area contributed by atoms with Crippen molar-refractivity contribution in [3.63, 3.8) is 0 Å². The second-order valence-corrected chi connectivity index (χ2v) is 5.14. The van der Waals surface area contributed by atoms with Crippen molar-refractivity contribution in [2.24, 2.45) is 0 Å². The van der Waals surface area contributed by atoms with Gasteiger partial charge in [-0.3, -0.25) is 9.59 Å². The number of nitrogens with zero attached hydrogens (tertiary/aromatic N) is 1. The molecule has 0 fully saturated rings.